The minimum absolute atomic E-state index is 0.0779. The number of halogens is 5. The van der Waals surface area contributed by atoms with E-state index in [-0.39, 0.29) is 40.6 Å². The van der Waals surface area contributed by atoms with E-state index in [1.807, 2.05) is 12.1 Å². The van der Waals surface area contributed by atoms with Gasteiger partial charge in [-0.3, -0.25) is 9.78 Å². The number of nitrogens with zero attached hydrogens (tertiary/aromatic N) is 3. The number of anilines is 1. The Balaban J connectivity index is 1.50. The molecule has 286 valence electrons. The lowest BCUT2D eigenvalue weighted by molar-refractivity contribution is -0.119. The van der Waals surface area contributed by atoms with Crippen LogP contribution in [-0.2, 0) is 33.3 Å². The maximum Gasteiger partial charge on any atom is 0.335 e. The first kappa shape index (κ1) is 39.4. The van der Waals surface area contributed by atoms with Gasteiger partial charge in [0.15, 0.2) is 23.3 Å². The predicted octanol–water partition coefficient (Wildman–Crippen LogP) is 8.55. The Hall–Kier alpha value is -4.34. The van der Waals surface area contributed by atoms with Gasteiger partial charge in [-0.1, -0.05) is 39.0 Å². The number of amides is 1. The van der Waals surface area contributed by atoms with Crippen LogP contribution in [0.5, 0.6) is 5.75 Å². The largest absolute Gasteiger partial charge is 0.488 e. The van der Waals surface area contributed by atoms with Crippen molar-refractivity contribution in [3.8, 4) is 5.75 Å². The van der Waals surface area contributed by atoms with Crippen LogP contribution in [0.1, 0.15) is 90.5 Å². The summed E-state index contributed by atoms with van der Waals surface area (Å²) in [5.74, 6) is -10.4. The highest BCUT2D eigenvalue weighted by Gasteiger charge is 2.38. The smallest absolute Gasteiger partial charge is 0.335 e. The number of carbonyl (C=O) groups is 2. The van der Waals surface area contributed by atoms with Crippen molar-refractivity contribution < 1.29 is 45.4 Å². The molecule has 0 bridgehead atoms. The lowest BCUT2D eigenvalue weighted by atomic mass is 9.84. The maximum absolute atomic E-state index is 15.4. The summed E-state index contributed by atoms with van der Waals surface area (Å²) in [6.45, 7) is 6.10. The number of pyridine rings is 1. The minimum atomic E-state index is -5.32. The van der Waals surface area contributed by atoms with Crippen LogP contribution in [-0.4, -0.2) is 47.3 Å². The number of hydrogen-bond acceptors (Lipinski definition) is 6. The number of hydrogen-bond donors (Lipinski definition) is 1. The van der Waals surface area contributed by atoms with Crippen LogP contribution in [0.4, 0.5) is 23.2 Å². The molecule has 0 spiro atoms. The first-order chi connectivity index (χ1) is 25.4. The summed E-state index contributed by atoms with van der Waals surface area (Å²) in [5.41, 5.74) is 3.38. The van der Waals surface area contributed by atoms with Gasteiger partial charge in [0.1, 0.15) is 10.6 Å². The predicted molar refractivity (Wildman–Crippen MR) is 196 cm³/mol. The van der Waals surface area contributed by atoms with E-state index in [2.05, 4.69) is 47.8 Å². The van der Waals surface area contributed by atoms with Gasteiger partial charge in [-0.2, -0.15) is 4.31 Å². The summed E-state index contributed by atoms with van der Waals surface area (Å²) in [6.07, 6.45) is 5.96. The van der Waals surface area contributed by atoms with E-state index >= 15 is 4.39 Å². The monoisotopic (exact) mass is 831 g/mol. The van der Waals surface area contributed by atoms with Crippen molar-refractivity contribution in [2.75, 3.05) is 11.4 Å². The Kier molecular flexibility index (Phi) is 11.0. The first-order valence-electron chi connectivity index (χ1n) is 17.3. The fraction of sp³-hybridized carbons (Fsp3) is 0.359. The van der Waals surface area contributed by atoms with Gasteiger partial charge in [0.2, 0.25) is 15.9 Å². The van der Waals surface area contributed by atoms with E-state index in [0.29, 0.717) is 34.2 Å². The Labute approximate surface area is 319 Å². The van der Waals surface area contributed by atoms with Gasteiger partial charge in [-0.15, -0.1) is 0 Å². The summed E-state index contributed by atoms with van der Waals surface area (Å²) in [7, 11) is -5.32. The summed E-state index contributed by atoms with van der Waals surface area (Å²) in [5, 5.41) is 9.78. The normalized spacial score (nSPS) is 14.7. The molecule has 2 saturated carbocycles. The third kappa shape index (κ3) is 8.32. The van der Waals surface area contributed by atoms with E-state index in [1.165, 1.54) is 35.5 Å². The molecule has 1 N–H and O–H groups in total. The highest BCUT2D eigenvalue weighted by atomic mass is 79.9. The summed E-state index contributed by atoms with van der Waals surface area (Å²) in [4.78, 5) is 30.5. The van der Waals surface area contributed by atoms with E-state index in [0.717, 1.165) is 24.0 Å². The maximum atomic E-state index is 15.4. The number of ether oxygens (including phenoxy) is 1. The van der Waals surface area contributed by atoms with Crippen molar-refractivity contribution in [3.05, 3.63) is 116 Å². The SMILES string of the molecule is Cc1ccncc1CN(CC(=O)N(Cc1cc(C2CC2)cc(C(C)(C)C)c1)c1ccc(C(=O)O)cc1OC1CC1)S(=O)(=O)c1c(F)c(F)c(F)c(F)c1Br. The van der Waals surface area contributed by atoms with Crippen molar-refractivity contribution in [3.63, 3.8) is 0 Å². The van der Waals surface area contributed by atoms with Crippen LogP contribution in [0.25, 0.3) is 0 Å². The molecular weight excluding hydrogens is 794 g/mol. The van der Waals surface area contributed by atoms with Gasteiger partial charge in [-0.05, 0) is 112 Å². The molecule has 0 radical (unpaired) electrons. The van der Waals surface area contributed by atoms with E-state index < -0.39 is 67.6 Å². The highest BCUT2D eigenvalue weighted by Crippen LogP contribution is 2.43. The molecule has 4 aromatic rings. The number of aromatic carboxylic acids is 1. The number of benzene rings is 3. The standard InChI is InChI=1S/C39H38BrF4N3O6S/c1-21-11-12-45-17-26(21)19-46(54(51,52)37-32(40)33(41)34(42)35(43)36(37)44)20-31(48)47(29-10-7-24(38(49)50)16-30(29)53-28-8-9-28)18-22-13-25(23-5-6-23)15-27(14-22)39(2,3)4/h7,10-17,23,28H,5-6,8-9,18-20H2,1-4H3,(H,49,50). The lowest BCUT2D eigenvalue weighted by Crippen LogP contribution is -2.43. The average molecular weight is 833 g/mol. The Bertz CT molecular complexity index is 2230. The highest BCUT2D eigenvalue weighted by molar-refractivity contribution is 9.10. The third-order valence-corrected chi connectivity index (χ3v) is 12.3. The van der Waals surface area contributed by atoms with Crippen molar-refractivity contribution >= 4 is 43.5 Å². The van der Waals surface area contributed by atoms with Gasteiger partial charge in [-0.25, -0.2) is 30.8 Å². The molecule has 54 heavy (non-hydrogen) atoms. The van der Waals surface area contributed by atoms with Gasteiger partial charge in [0, 0.05) is 18.9 Å². The van der Waals surface area contributed by atoms with Gasteiger partial charge in [0.25, 0.3) is 0 Å². The third-order valence-electron chi connectivity index (χ3n) is 9.46. The zero-order chi connectivity index (χ0) is 39.3. The number of carboxylic acid groups (broad SMARTS) is 1. The van der Waals surface area contributed by atoms with Crippen molar-refractivity contribution in [1.82, 2.24) is 9.29 Å². The number of rotatable bonds is 13. The zero-order valence-electron chi connectivity index (χ0n) is 29.9. The number of aryl methyl sites for hydroxylation is 1. The van der Waals surface area contributed by atoms with Crippen LogP contribution in [0.3, 0.4) is 0 Å². The molecule has 0 aliphatic heterocycles. The van der Waals surface area contributed by atoms with Crippen LogP contribution in [0.2, 0.25) is 0 Å². The topological polar surface area (TPSA) is 117 Å². The summed E-state index contributed by atoms with van der Waals surface area (Å²) in [6, 6.07) is 11.6. The second-order valence-electron chi connectivity index (χ2n) is 14.7. The van der Waals surface area contributed by atoms with Gasteiger partial charge in [0.05, 0.1) is 34.9 Å². The van der Waals surface area contributed by atoms with Gasteiger partial charge >= 0.3 is 5.97 Å². The Morgan fingerprint density at radius 1 is 0.944 bits per heavy atom. The van der Waals surface area contributed by atoms with Crippen LogP contribution in [0, 0.1) is 30.2 Å². The van der Waals surface area contributed by atoms with E-state index in [4.69, 9.17) is 4.74 Å². The second-order valence-corrected chi connectivity index (χ2v) is 17.4. The molecule has 0 atom stereocenters. The fourth-order valence-electron chi connectivity index (χ4n) is 5.97. The number of aromatic nitrogens is 1. The number of sulfonamides is 1. The fourth-order valence-corrected chi connectivity index (χ4v) is 8.41. The van der Waals surface area contributed by atoms with E-state index in [1.54, 1.807) is 13.0 Å². The molecule has 3 aromatic carbocycles. The molecule has 6 rings (SSSR count). The molecule has 2 aliphatic rings. The minimum Gasteiger partial charge on any atom is -0.488 e. The molecule has 1 heterocycles. The Morgan fingerprint density at radius 2 is 1.63 bits per heavy atom. The van der Waals surface area contributed by atoms with Crippen LogP contribution >= 0.6 is 15.9 Å². The summed E-state index contributed by atoms with van der Waals surface area (Å²) >= 11 is 2.60. The van der Waals surface area contributed by atoms with Crippen LogP contribution in [0.15, 0.2) is 64.2 Å². The van der Waals surface area contributed by atoms with Crippen molar-refractivity contribution in [2.45, 2.75) is 88.8 Å². The number of carbonyl (C=O) groups excluding carboxylic acids is 1. The van der Waals surface area contributed by atoms with E-state index in [9.17, 15) is 36.3 Å². The molecule has 0 unspecified atom stereocenters. The van der Waals surface area contributed by atoms with Crippen LogP contribution < -0.4 is 9.64 Å². The van der Waals surface area contributed by atoms with Crippen molar-refractivity contribution in [2.24, 2.45) is 0 Å². The molecule has 1 aromatic heterocycles. The van der Waals surface area contributed by atoms with Crippen molar-refractivity contribution in [1.29, 1.82) is 0 Å². The summed E-state index contributed by atoms with van der Waals surface area (Å²) < 4.78 is 93.0. The quantitative estimate of drug-likeness (QED) is 0.0816. The molecular formula is C39H38BrF4N3O6S. The molecule has 1 amide bonds. The lowest BCUT2D eigenvalue weighted by Gasteiger charge is -2.30. The zero-order valence-corrected chi connectivity index (χ0v) is 32.3. The molecule has 2 aliphatic carbocycles. The molecule has 0 saturated heterocycles. The Morgan fingerprint density at radius 3 is 2.24 bits per heavy atom. The van der Waals surface area contributed by atoms with Gasteiger partial charge < -0.3 is 14.7 Å². The number of carboxylic acids is 1. The first-order valence-corrected chi connectivity index (χ1v) is 19.5. The molecule has 2 fully saturated rings. The molecule has 15 heteroatoms. The molecule has 9 nitrogen and oxygen atoms in total. The average Bonchev–Trinajstić information content (AvgIpc) is 4.05. The second kappa shape index (κ2) is 15.1.